The van der Waals surface area contributed by atoms with Gasteiger partial charge in [0.25, 0.3) is 5.69 Å². The third-order valence-electron chi connectivity index (χ3n) is 1.20. The van der Waals surface area contributed by atoms with Crippen molar-refractivity contribution in [2.24, 2.45) is 5.28 Å². The van der Waals surface area contributed by atoms with Crippen molar-refractivity contribution >= 4 is 28.9 Å². The molecule has 1 aromatic rings. The molecule has 1 N–H and O–H groups in total. The van der Waals surface area contributed by atoms with Gasteiger partial charge < -0.3 is 10.4 Å². The Bertz CT molecular complexity index is 327. The van der Waals surface area contributed by atoms with Gasteiger partial charge in [0, 0.05) is 11.1 Å². The van der Waals surface area contributed by atoms with E-state index in [1.807, 2.05) is 0 Å². The molecule has 0 aliphatic carbocycles. The maximum absolute atomic E-state index is 10.7. The monoisotopic (exact) mass is 206 g/mol. The molecule has 0 aliphatic heterocycles. The van der Waals surface area contributed by atoms with Crippen LogP contribution in [0.5, 0.6) is 0 Å². The fourth-order valence-corrected chi connectivity index (χ4v) is 1.17. The molecule has 0 spiro atoms. The van der Waals surface area contributed by atoms with E-state index in [0.29, 0.717) is 5.02 Å². The average molecular weight is 207 g/mol. The lowest BCUT2D eigenvalue weighted by molar-refractivity contribution is -0.473. The second kappa shape index (κ2) is 3.60. The summed E-state index contributed by atoms with van der Waals surface area (Å²) >= 11 is 11.2. The van der Waals surface area contributed by atoms with Crippen LogP contribution in [0.25, 0.3) is 0 Å². The van der Waals surface area contributed by atoms with Crippen LogP contribution >= 0.6 is 23.2 Å². The summed E-state index contributed by atoms with van der Waals surface area (Å²) in [6, 6.07) is 4.21. The van der Waals surface area contributed by atoms with Gasteiger partial charge in [0.15, 0.2) is 0 Å². The molecule has 1 aromatic carbocycles. The molecule has 0 unspecified atom stereocenters. The predicted octanol–water partition coefficient (Wildman–Crippen LogP) is 2.98. The van der Waals surface area contributed by atoms with E-state index in [2.05, 4.69) is 5.28 Å². The van der Waals surface area contributed by atoms with Crippen LogP contribution in [0.4, 0.5) is 5.69 Å². The molecular weight excluding hydrogens is 203 g/mol. The molecule has 0 aromatic heterocycles. The van der Waals surface area contributed by atoms with Crippen LogP contribution in [0.2, 0.25) is 10.0 Å². The van der Waals surface area contributed by atoms with Crippen LogP contribution in [0.1, 0.15) is 0 Å². The van der Waals surface area contributed by atoms with Crippen LogP contribution in [0, 0.1) is 5.21 Å². The standard InChI is InChI=1S/C6H4Cl2N2O2/c7-4-1-2-6(5(8)3-4)10(12)9-11/h1-3,11H/b10-9-. The molecule has 0 atom stereocenters. The highest BCUT2D eigenvalue weighted by atomic mass is 35.5. The first-order valence-corrected chi connectivity index (χ1v) is 3.68. The molecule has 64 valence electrons. The van der Waals surface area contributed by atoms with E-state index in [4.69, 9.17) is 28.4 Å². The molecule has 6 heteroatoms. The van der Waals surface area contributed by atoms with E-state index in [1.165, 1.54) is 18.2 Å². The number of hydrogen-bond donors (Lipinski definition) is 1. The maximum atomic E-state index is 10.7. The fraction of sp³-hybridized carbons (Fsp3) is 0. The molecule has 0 aliphatic rings. The van der Waals surface area contributed by atoms with Gasteiger partial charge in [0.1, 0.15) is 5.02 Å². The Kier molecular flexibility index (Phi) is 2.73. The van der Waals surface area contributed by atoms with Gasteiger partial charge in [-0.15, -0.1) is 0 Å². The Morgan fingerprint density at radius 2 is 2.08 bits per heavy atom. The zero-order valence-electron chi connectivity index (χ0n) is 5.74. The summed E-state index contributed by atoms with van der Waals surface area (Å²) in [6.07, 6.45) is 0. The van der Waals surface area contributed by atoms with E-state index >= 15 is 0 Å². The Morgan fingerprint density at radius 3 is 2.58 bits per heavy atom. The highest BCUT2D eigenvalue weighted by molar-refractivity contribution is 6.35. The summed E-state index contributed by atoms with van der Waals surface area (Å²) in [7, 11) is 0. The smallest absolute Gasteiger partial charge is 0.266 e. The van der Waals surface area contributed by atoms with Gasteiger partial charge in [-0.3, -0.25) is 0 Å². The molecule has 0 amide bonds. The highest BCUT2D eigenvalue weighted by Crippen LogP contribution is 2.27. The molecule has 0 fully saturated rings. The lowest BCUT2D eigenvalue weighted by atomic mass is 10.3. The number of hydrogen-bond acceptors (Lipinski definition) is 2. The largest absolute Gasteiger partial charge is 0.592 e. The van der Waals surface area contributed by atoms with Gasteiger partial charge in [-0.2, -0.15) is 0 Å². The van der Waals surface area contributed by atoms with E-state index < -0.39 is 0 Å². The zero-order valence-corrected chi connectivity index (χ0v) is 7.25. The lowest BCUT2D eigenvalue weighted by Gasteiger charge is -1.98. The summed E-state index contributed by atoms with van der Waals surface area (Å²) in [4.78, 5) is -0.00133. The van der Waals surface area contributed by atoms with Gasteiger partial charge in [-0.05, 0) is 17.0 Å². The molecule has 0 bridgehead atoms. The first kappa shape index (κ1) is 9.09. The third kappa shape index (κ3) is 1.78. The number of halogens is 2. The van der Waals surface area contributed by atoms with Gasteiger partial charge in [-0.25, -0.2) is 0 Å². The van der Waals surface area contributed by atoms with Crippen molar-refractivity contribution in [1.82, 2.24) is 0 Å². The quantitative estimate of drug-likeness (QED) is 0.437. The lowest BCUT2D eigenvalue weighted by Crippen LogP contribution is -1.90. The van der Waals surface area contributed by atoms with E-state index in [1.54, 1.807) is 0 Å². The second-order valence-electron chi connectivity index (χ2n) is 1.96. The van der Waals surface area contributed by atoms with Crippen molar-refractivity contribution in [2.75, 3.05) is 0 Å². The summed E-state index contributed by atoms with van der Waals surface area (Å²) < 4.78 is 0. The maximum Gasteiger partial charge on any atom is 0.266 e. The summed E-state index contributed by atoms with van der Waals surface area (Å²) in [6.45, 7) is 0. The minimum absolute atomic E-state index is 0.00133. The number of benzene rings is 1. The molecule has 1 rings (SSSR count). The first-order valence-electron chi connectivity index (χ1n) is 2.92. The molecule has 0 heterocycles. The SMILES string of the molecule is [O-]/[N+](=N\O)c1ccc(Cl)cc1Cl. The summed E-state index contributed by atoms with van der Waals surface area (Å²) in [5.41, 5.74) is 0.0450. The van der Waals surface area contributed by atoms with Crippen molar-refractivity contribution in [2.45, 2.75) is 0 Å². The summed E-state index contributed by atoms with van der Waals surface area (Å²) in [5, 5.41) is 21.8. The van der Waals surface area contributed by atoms with Crippen molar-refractivity contribution in [3.05, 3.63) is 33.5 Å². The van der Waals surface area contributed by atoms with Crippen molar-refractivity contribution < 1.29 is 10.1 Å². The van der Waals surface area contributed by atoms with E-state index in [-0.39, 0.29) is 15.6 Å². The van der Waals surface area contributed by atoms with Crippen molar-refractivity contribution in [3.8, 4) is 0 Å². The third-order valence-corrected chi connectivity index (χ3v) is 1.73. The number of rotatable bonds is 1. The van der Waals surface area contributed by atoms with Gasteiger partial charge in [0.05, 0.1) is 0 Å². The van der Waals surface area contributed by atoms with Crippen LogP contribution in [-0.4, -0.2) is 10.1 Å². The molecular formula is C6H4Cl2N2O2. The fourth-order valence-electron chi connectivity index (χ4n) is 0.685. The Hall–Kier alpha value is -1.000. The zero-order chi connectivity index (χ0) is 9.14. The van der Waals surface area contributed by atoms with Crippen LogP contribution in [-0.2, 0) is 0 Å². The van der Waals surface area contributed by atoms with Crippen molar-refractivity contribution in [1.29, 1.82) is 0 Å². The topological polar surface area (TPSA) is 58.7 Å². The van der Waals surface area contributed by atoms with Gasteiger partial charge in [0.2, 0.25) is 5.28 Å². The van der Waals surface area contributed by atoms with E-state index in [0.717, 1.165) is 0 Å². The number of nitrogens with zero attached hydrogens (tertiary/aromatic N) is 2. The minimum Gasteiger partial charge on any atom is -0.592 e. The molecule has 4 nitrogen and oxygen atoms in total. The molecule has 0 saturated carbocycles. The van der Waals surface area contributed by atoms with Gasteiger partial charge in [-0.1, -0.05) is 23.2 Å². The van der Waals surface area contributed by atoms with Crippen molar-refractivity contribution in [3.63, 3.8) is 0 Å². The predicted molar refractivity (Wildman–Crippen MR) is 44.0 cm³/mol. The van der Waals surface area contributed by atoms with Crippen LogP contribution < -0.4 is 0 Å². The second-order valence-corrected chi connectivity index (χ2v) is 2.80. The molecule has 0 saturated heterocycles. The Balaban J connectivity index is 3.18. The normalized spacial score (nSPS) is 11.7. The Morgan fingerprint density at radius 1 is 1.42 bits per heavy atom. The summed E-state index contributed by atoms with van der Waals surface area (Å²) in [5.74, 6) is 0. The average Bonchev–Trinajstić information content (AvgIpc) is 2.03. The molecule has 12 heavy (non-hydrogen) atoms. The minimum atomic E-state index is -0.00133. The van der Waals surface area contributed by atoms with E-state index in [9.17, 15) is 5.21 Å². The molecule has 0 radical (unpaired) electrons. The van der Waals surface area contributed by atoms with Gasteiger partial charge >= 0.3 is 0 Å². The highest BCUT2D eigenvalue weighted by Gasteiger charge is 2.09. The Labute approximate surface area is 78.2 Å². The van der Waals surface area contributed by atoms with Crippen LogP contribution in [0.3, 0.4) is 0 Å². The first-order chi connectivity index (χ1) is 5.65. The van der Waals surface area contributed by atoms with Crippen LogP contribution in [0.15, 0.2) is 23.5 Å².